The second kappa shape index (κ2) is 3.00. The van der Waals surface area contributed by atoms with Crippen LogP contribution in [-0.4, -0.2) is 15.2 Å². The molecule has 11 heavy (non-hydrogen) atoms. The Balaban J connectivity index is 2.82. The van der Waals surface area contributed by atoms with Gasteiger partial charge in [-0.15, -0.1) is 0 Å². The van der Waals surface area contributed by atoms with Crippen LogP contribution in [0.25, 0.3) is 0 Å². The molecule has 62 valence electrons. The van der Waals surface area contributed by atoms with Gasteiger partial charge in [0.05, 0.1) is 0 Å². The van der Waals surface area contributed by atoms with Gasteiger partial charge in [0.15, 0.2) is 5.82 Å². The molecule has 0 amide bonds. The Labute approximate surface area is 65.2 Å². The summed E-state index contributed by atoms with van der Waals surface area (Å²) in [7, 11) is 0. The molecule has 1 heterocycles. The number of hydrogen-bond donors (Lipinski definition) is 1. The molecule has 0 saturated carbocycles. The average Bonchev–Trinajstić information content (AvgIpc) is 2.33. The molecule has 1 N–H and O–H groups in total. The van der Waals surface area contributed by atoms with Crippen molar-refractivity contribution in [1.29, 1.82) is 0 Å². The fraction of sp³-hybridized carbons (Fsp3) is 0.714. The summed E-state index contributed by atoms with van der Waals surface area (Å²) in [6, 6.07) is 0. The van der Waals surface area contributed by atoms with Gasteiger partial charge in [-0.1, -0.05) is 19.0 Å². The summed E-state index contributed by atoms with van der Waals surface area (Å²) in [6.45, 7) is 5.52. The lowest BCUT2D eigenvalue weighted by molar-refractivity contribution is 0.184. The van der Waals surface area contributed by atoms with E-state index >= 15 is 0 Å². The third-order valence-corrected chi connectivity index (χ3v) is 1.33. The van der Waals surface area contributed by atoms with Crippen molar-refractivity contribution in [2.45, 2.75) is 32.8 Å². The molecule has 0 radical (unpaired) electrons. The van der Waals surface area contributed by atoms with Crippen molar-refractivity contribution in [2.24, 2.45) is 0 Å². The highest BCUT2D eigenvalue weighted by Crippen LogP contribution is 2.14. The molecule has 1 unspecified atom stereocenters. The van der Waals surface area contributed by atoms with E-state index in [4.69, 9.17) is 9.63 Å². The molecule has 1 atom stereocenters. The van der Waals surface area contributed by atoms with E-state index in [2.05, 4.69) is 10.1 Å². The third-order valence-electron chi connectivity index (χ3n) is 1.33. The zero-order chi connectivity index (χ0) is 8.43. The molecule has 1 aromatic heterocycles. The predicted octanol–water partition coefficient (Wildman–Crippen LogP) is 1.25. The van der Waals surface area contributed by atoms with Crippen molar-refractivity contribution in [3.05, 3.63) is 11.7 Å². The standard InChI is InChI=1S/C7H12N2O2/c1-4(2)7-8-6(5(3)10)9-11-7/h4-5,10H,1-3H3. The first-order valence-electron chi connectivity index (χ1n) is 3.63. The maximum atomic E-state index is 9.03. The van der Waals surface area contributed by atoms with E-state index in [-0.39, 0.29) is 5.92 Å². The van der Waals surface area contributed by atoms with Crippen molar-refractivity contribution < 1.29 is 9.63 Å². The Bertz CT molecular complexity index is 208. The Morgan fingerprint density at radius 3 is 2.27 bits per heavy atom. The van der Waals surface area contributed by atoms with Crippen molar-refractivity contribution in [3.8, 4) is 0 Å². The first-order chi connectivity index (χ1) is 5.11. The van der Waals surface area contributed by atoms with E-state index in [1.807, 2.05) is 13.8 Å². The number of aromatic nitrogens is 2. The van der Waals surface area contributed by atoms with Crippen LogP contribution in [0.15, 0.2) is 4.52 Å². The van der Waals surface area contributed by atoms with Gasteiger partial charge in [0.25, 0.3) is 0 Å². The minimum absolute atomic E-state index is 0.218. The van der Waals surface area contributed by atoms with E-state index in [1.54, 1.807) is 6.92 Å². The van der Waals surface area contributed by atoms with Gasteiger partial charge in [0.1, 0.15) is 6.10 Å². The van der Waals surface area contributed by atoms with Crippen molar-refractivity contribution in [2.75, 3.05) is 0 Å². The topological polar surface area (TPSA) is 59.2 Å². The molecule has 0 aromatic carbocycles. The lowest BCUT2D eigenvalue weighted by atomic mass is 10.2. The average molecular weight is 156 g/mol. The summed E-state index contributed by atoms with van der Waals surface area (Å²) in [5.74, 6) is 1.14. The summed E-state index contributed by atoms with van der Waals surface area (Å²) >= 11 is 0. The number of aliphatic hydroxyl groups excluding tert-OH is 1. The highest BCUT2D eigenvalue weighted by Gasteiger charge is 2.12. The first-order valence-corrected chi connectivity index (χ1v) is 3.63. The molecule has 0 aliphatic rings. The van der Waals surface area contributed by atoms with E-state index in [0.29, 0.717) is 11.7 Å². The molecule has 4 nitrogen and oxygen atoms in total. The smallest absolute Gasteiger partial charge is 0.229 e. The van der Waals surface area contributed by atoms with Crippen LogP contribution in [-0.2, 0) is 0 Å². The monoisotopic (exact) mass is 156 g/mol. The molecule has 0 aliphatic carbocycles. The van der Waals surface area contributed by atoms with Crippen LogP contribution in [0.1, 0.15) is 44.5 Å². The van der Waals surface area contributed by atoms with E-state index in [0.717, 1.165) is 0 Å². The maximum Gasteiger partial charge on any atom is 0.229 e. The van der Waals surface area contributed by atoms with Crippen LogP contribution >= 0.6 is 0 Å². The van der Waals surface area contributed by atoms with Gasteiger partial charge >= 0.3 is 0 Å². The lowest BCUT2D eigenvalue weighted by Gasteiger charge is -1.93. The summed E-state index contributed by atoms with van der Waals surface area (Å²) < 4.78 is 4.87. The van der Waals surface area contributed by atoms with Gasteiger partial charge in [-0.25, -0.2) is 0 Å². The number of nitrogens with zero attached hydrogens (tertiary/aromatic N) is 2. The van der Waals surface area contributed by atoms with Crippen LogP contribution in [0.3, 0.4) is 0 Å². The van der Waals surface area contributed by atoms with Crippen LogP contribution in [0.2, 0.25) is 0 Å². The zero-order valence-electron chi connectivity index (χ0n) is 6.90. The molecule has 0 aliphatic heterocycles. The summed E-state index contributed by atoms with van der Waals surface area (Å²) in [5, 5.41) is 12.6. The van der Waals surface area contributed by atoms with Crippen molar-refractivity contribution in [3.63, 3.8) is 0 Å². The fourth-order valence-corrected chi connectivity index (χ4v) is 0.651. The minimum Gasteiger partial charge on any atom is -0.385 e. The van der Waals surface area contributed by atoms with Gasteiger partial charge in [-0.05, 0) is 6.92 Å². The molecule has 4 heteroatoms. The normalized spacial score (nSPS) is 13.9. The third kappa shape index (κ3) is 1.77. The van der Waals surface area contributed by atoms with Crippen LogP contribution in [0, 0.1) is 0 Å². The first kappa shape index (κ1) is 8.20. The second-order valence-corrected chi connectivity index (χ2v) is 2.82. The molecule has 1 aromatic rings. The maximum absolute atomic E-state index is 9.03. The molecular formula is C7H12N2O2. The Morgan fingerprint density at radius 2 is 2.00 bits per heavy atom. The largest absolute Gasteiger partial charge is 0.385 e. The van der Waals surface area contributed by atoms with Gasteiger partial charge in [0.2, 0.25) is 5.89 Å². The Morgan fingerprint density at radius 1 is 1.36 bits per heavy atom. The van der Waals surface area contributed by atoms with Gasteiger partial charge in [0, 0.05) is 5.92 Å². The van der Waals surface area contributed by atoms with Gasteiger partial charge in [-0.2, -0.15) is 4.98 Å². The van der Waals surface area contributed by atoms with Gasteiger partial charge in [-0.3, -0.25) is 0 Å². The van der Waals surface area contributed by atoms with Gasteiger partial charge < -0.3 is 9.63 Å². The Kier molecular flexibility index (Phi) is 2.24. The molecule has 0 saturated heterocycles. The molecule has 0 bridgehead atoms. The number of rotatable bonds is 2. The van der Waals surface area contributed by atoms with Crippen LogP contribution in [0.5, 0.6) is 0 Å². The zero-order valence-corrected chi connectivity index (χ0v) is 6.90. The number of aliphatic hydroxyl groups is 1. The van der Waals surface area contributed by atoms with E-state index in [9.17, 15) is 0 Å². The summed E-state index contributed by atoms with van der Waals surface area (Å²) in [5.41, 5.74) is 0. The quantitative estimate of drug-likeness (QED) is 0.700. The summed E-state index contributed by atoms with van der Waals surface area (Å²) in [6.07, 6.45) is -0.647. The summed E-state index contributed by atoms with van der Waals surface area (Å²) in [4.78, 5) is 3.98. The second-order valence-electron chi connectivity index (χ2n) is 2.82. The highest BCUT2D eigenvalue weighted by molar-refractivity contribution is 4.92. The molecule has 0 spiro atoms. The SMILES string of the molecule is CC(C)c1nc(C(C)O)no1. The lowest BCUT2D eigenvalue weighted by Crippen LogP contribution is -1.94. The van der Waals surface area contributed by atoms with E-state index in [1.165, 1.54) is 0 Å². The fourth-order valence-electron chi connectivity index (χ4n) is 0.651. The molecular weight excluding hydrogens is 144 g/mol. The van der Waals surface area contributed by atoms with Crippen molar-refractivity contribution >= 4 is 0 Å². The number of hydrogen-bond acceptors (Lipinski definition) is 4. The predicted molar refractivity (Wildman–Crippen MR) is 39.0 cm³/mol. The minimum atomic E-state index is -0.647. The molecule has 1 rings (SSSR count). The molecule has 0 fully saturated rings. The Hall–Kier alpha value is -0.900. The van der Waals surface area contributed by atoms with Crippen molar-refractivity contribution in [1.82, 2.24) is 10.1 Å². The van der Waals surface area contributed by atoms with Crippen LogP contribution < -0.4 is 0 Å². The van der Waals surface area contributed by atoms with Crippen LogP contribution in [0.4, 0.5) is 0 Å². The van der Waals surface area contributed by atoms with E-state index < -0.39 is 6.10 Å². The highest BCUT2D eigenvalue weighted by atomic mass is 16.5.